The lowest BCUT2D eigenvalue weighted by Gasteiger charge is -2.33. The zero-order valence-corrected chi connectivity index (χ0v) is 13.6. The molecule has 0 saturated heterocycles. The highest BCUT2D eigenvalue weighted by Crippen LogP contribution is 2.20. The molecule has 2 unspecified atom stereocenters. The van der Waals surface area contributed by atoms with Crippen LogP contribution in [0.5, 0.6) is 0 Å². The van der Waals surface area contributed by atoms with E-state index < -0.39 is 11.6 Å². The first-order valence-electron chi connectivity index (χ1n) is 7.45. The number of benzene rings is 1. The third-order valence-electron chi connectivity index (χ3n) is 3.94. The van der Waals surface area contributed by atoms with E-state index in [4.69, 9.17) is 10.00 Å². The van der Waals surface area contributed by atoms with Crippen LogP contribution < -0.4 is 5.32 Å². The molecule has 0 aliphatic carbocycles. The number of rotatable bonds is 7. The van der Waals surface area contributed by atoms with Crippen LogP contribution >= 0.6 is 0 Å². The number of carbonyl (C=O) groups excluding carboxylic acids is 1. The van der Waals surface area contributed by atoms with Gasteiger partial charge < -0.3 is 9.84 Å². The molecule has 1 aromatic rings. The molecule has 0 aliphatic heterocycles. The summed E-state index contributed by atoms with van der Waals surface area (Å²) in [4.78, 5) is 12.1. The number of nitrogens with zero attached hydrogens (tertiary/aromatic N) is 1. The van der Waals surface area contributed by atoms with Crippen molar-refractivity contribution in [1.82, 2.24) is 5.32 Å². The van der Waals surface area contributed by atoms with E-state index in [-0.39, 0.29) is 18.4 Å². The predicted octanol–water partition coefficient (Wildman–Crippen LogP) is 2.16. The van der Waals surface area contributed by atoms with Crippen LogP contribution in [0, 0.1) is 17.2 Å². The Morgan fingerprint density at radius 1 is 1.41 bits per heavy atom. The maximum Gasteiger partial charge on any atom is 0.326 e. The zero-order chi connectivity index (χ0) is 16.8. The first-order valence-corrected chi connectivity index (χ1v) is 7.45. The fourth-order valence-electron chi connectivity index (χ4n) is 2.00. The molecule has 0 saturated carbocycles. The van der Waals surface area contributed by atoms with Gasteiger partial charge in [0.25, 0.3) is 0 Å². The highest BCUT2D eigenvalue weighted by molar-refractivity contribution is 5.80. The van der Waals surface area contributed by atoms with Crippen molar-refractivity contribution in [3.05, 3.63) is 35.4 Å². The normalized spacial score (nSPS) is 15.0. The second-order valence-electron chi connectivity index (χ2n) is 5.71. The largest absolute Gasteiger partial charge is 0.465 e. The molecule has 2 N–H and O–H groups in total. The average molecular weight is 304 g/mol. The Labute approximate surface area is 131 Å². The molecule has 2 atom stereocenters. The fraction of sp³-hybridized carbons (Fsp3) is 0.529. The summed E-state index contributed by atoms with van der Waals surface area (Å²) in [6.45, 7) is 7.95. The van der Waals surface area contributed by atoms with Gasteiger partial charge in [0.2, 0.25) is 0 Å². The Bertz CT molecular complexity index is 534. The quantitative estimate of drug-likeness (QED) is 0.754. The van der Waals surface area contributed by atoms with Crippen molar-refractivity contribution in [2.24, 2.45) is 5.92 Å². The maximum atomic E-state index is 12.1. The van der Waals surface area contributed by atoms with Crippen molar-refractivity contribution in [2.45, 2.75) is 39.3 Å². The van der Waals surface area contributed by atoms with Gasteiger partial charge in [-0.15, -0.1) is 0 Å². The molecule has 0 amide bonds. The molecular weight excluding hydrogens is 280 g/mol. The van der Waals surface area contributed by atoms with Gasteiger partial charge >= 0.3 is 5.97 Å². The van der Waals surface area contributed by atoms with Gasteiger partial charge in [0.15, 0.2) is 0 Å². The number of nitrogens with one attached hydrogen (secondary N) is 1. The van der Waals surface area contributed by atoms with E-state index in [1.165, 1.54) is 0 Å². The van der Waals surface area contributed by atoms with Crippen molar-refractivity contribution >= 4 is 5.97 Å². The van der Waals surface area contributed by atoms with Crippen LogP contribution in [0.2, 0.25) is 0 Å². The number of ether oxygens (including phenoxy) is 1. The highest BCUT2D eigenvalue weighted by Gasteiger charge is 2.38. The van der Waals surface area contributed by atoms with Crippen LogP contribution in [0.3, 0.4) is 0 Å². The van der Waals surface area contributed by atoms with Gasteiger partial charge in [0.1, 0.15) is 5.54 Å². The summed E-state index contributed by atoms with van der Waals surface area (Å²) in [5.74, 6) is -0.309. The lowest BCUT2D eigenvalue weighted by molar-refractivity contribution is -0.152. The molecular formula is C17H24N2O3. The van der Waals surface area contributed by atoms with Crippen LogP contribution in [-0.2, 0) is 9.53 Å². The molecule has 1 rings (SSSR count). The third kappa shape index (κ3) is 4.30. The second-order valence-corrected chi connectivity index (χ2v) is 5.71. The number of nitriles is 1. The van der Waals surface area contributed by atoms with Crippen molar-refractivity contribution in [1.29, 1.82) is 5.26 Å². The average Bonchev–Trinajstić information content (AvgIpc) is 2.52. The van der Waals surface area contributed by atoms with E-state index in [1.54, 1.807) is 38.1 Å². The topological polar surface area (TPSA) is 82.3 Å². The van der Waals surface area contributed by atoms with Crippen molar-refractivity contribution in [2.75, 3.05) is 13.2 Å². The second kappa shape index (κ2) is 7.92. The van der Waals surface area contributed by atoms with Gasteiger partial charge in [-0.3, -0.25) is 10.1 Å². The number of carbonyl (C=O) groups is 1. The lowest BCUT2D eigenvalue weighted by Crippen LogP contribution is -2.55. The van der Waals surface area contributed by atoms with E-state index in [2.05, 4.69) is 5.32 Å². The Hall–Kier alpha value is -1.90. The monoisotopic (exact) mass is 304 g/mol. The molecule has 0 aliphatic rings. The number of aliphatic hydroxyl groups is 1. The minimum absolute atomic E-state index is 0.0136. The lowest BCUT2D eigenvalue weighted by atomic mass is 9.88. The maximum absolute atomic E-state index is 12.1. The van der Waals surface area contributed by atoms with E-state index in [9.17, 15) is 9.90 Å². The summed E-state index contributed by atoms with van der Waals surface area (Å²) >= 11 is 0. The molecule has 5 heteroatoms. The molecule has 0 fully saturated rings. The molecule has 0 spiro atoms. The van der Waals surface area contributed by atoms with Crippen molar-refractivity contribution in [3.8, 4) is 6.07 Å². The predicted molar refractivity (Wildman–Crippen MR) is 84.0 cm³/mol. The van der Waals surface area contributed by atoms with Gasteiger partial charge in [-0.05, 0) is 37.5 Å². The standard InChI is InChI=1S/C17H24N2O3/c1-5-22-16(21)17(4,12(2)3)19-11-15(20)14-8-6-13(10-18)7-9-14/h6-9,12,15,19-20H,5,11H2,1-4H3. The first-order chi connectivity index (χ1) is 10.3. The molecule has 0 aromatic heterocycles. The molecule has 0 heterocycles. The summed E-state index contributed by atoms with van der Waals surface area (Å²) in [6, 6.07) is 8.77. The van der Waals surface area contributed by atoms with Crippen LogP contribution in [0.15, 0.2) is 24.3 Å². The first kappa shape index (κ1) is 18.1. The van der Waals surface area contributed by atoms with Crippen LogP contribution in [0.4, 0.5) is 0 Å². The van der Waals surface area contributed by atoms with Crippen LogP contribution in [0.1, 0.15) is 44.9 Å². The van der Waals surface area contributed by atoms with E-state index in [1.807, 2.05) is 19.9 Å². The molecule has 22 heavy (non-hydrogen) atoms. The molecule has 5 nitrogen and oxygen atoms in total. The van der Waals surface area contributed by atoms with Gasteiger partial charge in [0.05, 0.1) is 24.3 Å². The third-order valence-corrected chi connectivity index (χ3v) is 3.94. The molecule has 120 valence electrons. The molecule has 1 aromatic carbocycles. The number of aliphatic hydroxyl groups excluding tert-OH is 1. The molecule has 0 radical (unpaired) electrons. The summed E-state index contributed by atoms with van der Waals surface area (Å²) in [6.07, 6.45) is -0.764. The summed E-state index contributed by atoms with van der Waals surface area (Å²) in [5, 5.41) is 22.1. The van der Waals surface area contributed by atoms with Gasteiger partial charge in [-0.25, -0.2) is 0 Å². The highest BCUT2D eigenvalue weighted by atomic mass is 16.5. The van der Waals surface area contributed by atoms with E-state index >= 15 is 0 Å². The Kier molecular flexibility index (Phi) is 6.54. The Morgan fingerprint density at radius 2 is 2.00 bits per heavy atom. The van der Waals surface area contributed by atoms with Gasteiger partial charge in [-0.2, -0.15) is 5.26 Å². The van der Waals surface area contributed by atoms with Gasteiger partial charge in [0, 0.05) is 6.54 Å². The summed E-state index contributed by atoms with van der Waals surface area (Å²) in [7, 11) is 0. The van der Waals surface area contributed by atoms with E-state index in [0.717, 1.165) is 0 Å². The smallest absolute Gasteiger partial charge is 0.326 e. The zero-order valence-electron chi connectivity index (χ0n) is 13.6. The number of hydrogen-bond donors (Lipinski definition) is 2. The van der Waals surface area contributed by atoms with Crippen LogP contribution in [0.25, 0.3) is 0 Å². The van der Waals surface area contributed by atoms with Gasteiger partial charge in [-0.1, -0.05) is 26.0 Å². The van der Waals surface area contributed by atoms with Crippen molar-refractivity contribution < 1.29 is 14.6 Å². The Balaban J connectivity index is 2.75. The number of esters is 1. The molecule has 0 bridgehead atoms. The fourth-order valence-corrected chi connectivity index (χ4v) is 2.00. The minimum atomic E-state index is -0.858. The SMILES string of the molecule is CCOC(=O)C(C)(NCC(O)c1ccc(C#N)cc1)C(C)C. The summed E-state index contributed by atoms with van der Waals surface area (Å²) in [5.41, 5.74) is 0.382. The Morgan fingerprint density at radius 3 is 2.45 bits per heavy atom. The minimum Gasteiger partial charge on any atom is -0.465 e. The van der Waals surface area contributed by atoms with Crippen molar-refractivity contribution in [3.63, 3.8) is 0 Å². The number of β-amino-alcohol motifs (C(OH)–C–C–N with tert-alkyl or cyclic N) is 1. The number of hydrogen-bond acceptors (Lipinski definition) is 5. The summed E-state index contributed by atoms with van der Waals surface area (Å²) < 4.78 is 5.12. The van der Waals surface area contributed by atoms with Crippen LogP contribution in [-0.4, -0.2) is 29.8 Å². The van der Waals surface area contributed by atoms with E-state index in [0.29, 0.717) is 17.7 Å².